The number of ether oxygens (including phenoxy) is 6. The first kappa shape index (κ1) is 25.7. The molecule has 0 bridgehead atoms. The van der Waals surface area contributed by atoms with E-state index in [1.807, 2.05) is 109 Å². The lowest BCUT2D eigenvalue weighted by molar-refractivity contribution is -0.0000115. The lowest BCUT2D eigenvalue weighted by Crippen LogP contribution is -3.00. The normalized spacial score (nSPS) is 16.6. The van der Waals surface area contributed by atoms with Crippen LogP contribution >= 0.6 is 14.5 Å². The zero-order valence-corrected chi connectivity index (χ0v) is 27.5. The van der Waals surface area contributed by atoms with Crippen LogP contribution in [0.5, 0.6) is 69.0 Å². The second-order valence-electron chi connectivity index (χ2n) is 11.6. The summed E-state index contributed by atoms with van der Waals surface area (Å²) < 4.78 is 46.5. The molecule has 0 saturated heterocycles. The van der Waals surface area contributed by atoms with Crippen LogP contribution in [0.3, 0.4) is 0 Å². The average Bonchev–Trinajstić information content (AvgIpc) is 3.05. The molecule has 0 amide bonds. The Hall–Kier alpha value is -4.49. The molecule has 0 radical (unpaired) electrons. The minimum Gasteiger partial charge on any atom is -1.00 e. The van der Waals surface area contributed by atoms with E-state index >= 15 is 0 Å². The number of halogens is 1. The van der Waals surface area contributed by atoms with Gasteiger partial charge in [-0.05, 0) is 72.8 Å². The Balaban J connectivity index is 0.00000261. The van der Waals surface area contributed by atoms with Gasteiger partial charge in [-0.1, -0.05) is 36.4 Å². The van der Waals surface area contributed by atoms with E-state index in [1.165, 1.54) is 0 Å². The first-order valence-electron chi connectivity index (χ1n) is 14.7. The molecule has 6 aromatic rings. The number of hydrogen-bond donors (Lipinski definition) is 0. The highest BCUT2D eigenvalue weighted by Crippen LogP contribution is 2.79. The highest BCUT2D eigenvalue weighted by Gasteiger charge is 2.67. The van der Waals surface area contributed by atoms with E-state index in [-0.39, 0.29) is 24.0 Å². The van der Waals surface area contributed by atoms with Gasteiger partial charge in [-0.25, -0.2) is 0 Å². The second-order valence-corrected chi connectivity index (χ2v) is 17.5. The minimum absolute atomic E-state index is 0. The van der Waals surface area contributed by atoms with Crippen molar-refractivity contribution in [2.45, 2.75) is 0 Å². The summed E-state index contributed by atoms with van der Waals surface area (Å²) in [5, 5.41) is 5.83. The van der Waals surface area contributed by atoms with Crippen LogP contribution in [0.1, 0.15) is 0 Å². The Morgan fingerprint density at radius 1 is 0.348 bits per heavy atom. The zero-order valence-electron chi connectivity index (χ0n) is 23.6. The molecule has 0 spiro atoms. The van der Waals surface area contributed by atoms with Crippen molar-refractivity contribution in [2.24, 2.45) is 4.52 Å². The summed E-state index contributed by atoms with van der Waals surface area (Å²) in [6.07, 6.45) is 0. The predicted octanol–water partition coefficient (Wildman–Crippen LogP) is 4.71. The summed E-state index contributed by atoms with van der Waals surface area (Å²) in [6.45, 7) is 0. The first-order valence-corrected chi connectivity index (χ1v) is 18.1. The molecule has 6 aliphatic rings. The summed E-state index contributed by atoms with van der Waals surface area (Å²) in [5.74, 6) is 9.00. The van der Waals surface area contributed by atoms with Gasteiger partial charge in [0.2, 0.25) is 15.9 Å². The third-order valence-electron chi connectivity index (χ3n) is 9.30. The largest absolute Gasteiger partial charge is 1.00 e. The molecule has 0 N–H and O–H groups in total. The Morgan fingerprint density at radius 2 is 0.565 bits per heavy atom. The SMILES string of the molecule is [I-].c1cc2c3c(c1)Oc1cccc4c1P3(=N[P+]13c5c6cccc5Oc5cccc(c51)Oc1cccc(c13)O6)c1c(cccc1O4)O2. The van der Waals surface area contributed by atoms with E-state index in [4.69, 9.17) is 32.9 Å². The fraction of sp³-hybridized carbons (Fsp3) is 0. The Labute approximate surface area is 280 Å². The zero-order chi connectivity index (χ0) is 29.1. The molecule has 0 aliphatic carbocycles. The predicted molar refractivity (Wildman–Crippen MR) is 173 cm³/mol. The van der Waals surface area contributed by atoms with Crippen molar-refractivity contribution in [2.75, 3.05) is 0 Å². The number of hydrogen-bond acceptors (Lipinski definition) is 7. The third-order valence-corrected chi connectivity index (χ3v) is 18.0. The monoisotopic (exact) mass is 749 g/mol. The van der Waals surface area contributed by atoms with Gasteiger partial charge < -0.3 is 52.4 Å². The smallest absolute Gasteiger partial charge is 0.251 e. The van der Waals surface area contributed by atoms with E-state index in [1.54, 1.807) is 0 Å². The third kappa shape index (κ3) is 2.77. The Bertz CT molecular complexity index is 2110. The maximum absolute atomic E-state index is 6.66. The second kappa shape index (κ2) is 8.45. The van der Waals surface area contributed by atoms with Crippen LogP contribution < -0.4 is 84.2 Å². The van der Waals surface area contributed by atoms with E-state index in [0.717, 1.165) is 101 Å². The van der Waals surface area contributed by atoms with Crippen molar-refractivity contribution in [3.8, 4) is 69.0 Å². The van der Waals surface area contributed by atoms with Crippen LogP contribution in [0.25, 0.3) is 0 Å². The summed E-state index contributed by atoms with van der Waals surface area (Å²) in [5.41, 5.74) is 0. The summed E-state index contributed by atoms with van der Waals surface area (Å²) in [7, 11) is -5.85. The maximum Gasteiger partial charge on any atom is 0.251 e. The van der Waals surface area contributed by atoms with Gasteiger partial charge >= 0.3 is 0 Å². The highest BCUT2D eigenvalue weighted by atomic mass is 127. The van der Waals surface area contributed by atoms with Crippen molar-refractivity contribution in [3.63, 3.8) is 0 Å². The van der Waals surface area contributed by atoms with Gasteiger partial charge in [0, 0.05) is 0 Å². The van der Waals surface area contributed by atoms with Crippen LogP contribution in [0.2, 0.25) is 0 Å². The molecule has 0 aromatic heterocycles. The van der Waals surface area contributed by atoms with Gasteiger partial charge in [-0.3, -0.25) is 0 Å². The van der Waals surface area contributed by atoms with Gasteiger partial charge in [-0.2, -0.15) is 0 Å². The van der Waals surface area contributed by atoms with Crippen molar-refractivity contribution >= 4 is 46.3 Å². The van der Waals surface area contributed by atoms with Crippen LogP contribution in [-0.2, 0) is 0 Å². The number of nitrogens with zero attached hydrogens (tertiary/aromatic N) is 1. The van der Waals surface area contributed by atoms with Gasteiger partial charge in [-0.15, -0.1) is 4.52 Å². The molecule has 6 heterocycles. The van der Waals surface area contributed by atoms with Crippen molar-refractivity contribution in [1.29, 1.82) is 0 Å². The molecule has 6 aromatic carbocycles. The summed E-state index contributed by atoms with van der Waals surface area (Å²) in [4.78, 5) is 0. The molecule has 12 rings (SSSR count). The minimum atomic E-state index is -2.92. The van der Waals surface area contributed by atoms with Crippen LogP contribution in [0.15, 0.2) is 114 Å². The standard InChI is InChI=1S/C36H18NO6P2.HI/c1-7-19-31-20(8-1)39-22-10-3-12-24-33(22)44(31,32-21(38-19)9-2-11-23(32)40-24)37-45-34-25-13-4-14-26(34)42-28-16-6-18-30(36(28)45)43-29-17-5-15-27(41-25)35(29)45;/h1-18H;1H/q+1;/p-1. The molecule has 0 unspecified atom stereocenters. The van der Waals surface area contributed by atoms with Gasteiger partial charge in [0.05, 0.1) is 15.9 Å². The fourth-order valence-electron chi connectivity index (χ4n) is 7.77. The summed E-state index contributed by atoms with van der Waals surface area (Å²) in [6, 6.07) is 36.2. The van der Waals surface area contributed by atoms with Crippen molar-refractivity contribution in [3.05, 3.63) is 109 Å². The fourth-order valence-corrected chi connectivity index (χ4v) is 18.1. The molecule has 10 heteroatoms. The number of benzene rings is 6. The summed E-state index contributed by atoms with van der Waals surface area (Å²) >= 11 is 0. The van der Waals surface area contributed by atoms with Crippen molar-refractivity contribution < 1.29 is 52.4 Å². The van der Waals surface area contributed by atoms with Crippen molar-refractivity contribution in [1.82, 2.24) is 0 Å². The molecule has 7 nitrogen and oxygen atoms in total. The lowest BCUT2D eigenvalue weighted by Gasteiger charge is -2.44. The quantitative estimate of drug-likeness (QED) is 0.179. The van der Waals surface area contributed by atoms with Gasteiger partial charge in [0.25, 0.3) is 7.41 Å². The first-order chi connectivity index (χ1) is 22.2. The van der Waals surface area contributed by atoms with Crippen LogP contribution in [-0.4, -0.2) is 0 Å². The van der Waals surface area contributed by atoms with E-state index < -0.39 is 14.5 Å². The van der Waals surface area contributed by atoms with Gasteiger partial charge in [0.15, 0.2) is 34.5 Å². The van der Waals surface area contributed by atoms with Crippen LogP contribution in [0.4, 0.5) is 0 Å². The van der Waals surface area contributed by atoms with E-state index in [2.05, 4.69) is 0 Å². The molecule has 220 valence electrons. The van der Waals surface area contributed by atoms with Gasteiger partial charge in [0.1, 0.15) is 41.6 Å². The Kier molecular flexibility index (Phi) is 4.72. The highest BCUT2D eigenvalue weighted by molar-refractivity contribution is 8.02. The molecule has 0 atom stereocenters. The van der Waals surface area contributed by atoms with E-state index in [9.17, 15) is 0 Å². The Morgan fingerprint density at radius 3 is 0.826 bits per heavy atom. The maximum atomic E-state index is 6.66. The van der Waals surface area contributed by atoms with Crippen LogP contribution in [0, 0.1) is 0 Å². The molecule has 0 saturated carbocycles. The topological polar surface area (TPSA) is 67.7 Å². The average molecular weight is 749 g/mol. The molecular weight excluding hydrogens is 731 g/mol. The molecule has 6 aliphatic heterocycles. The molecule has 0 fully saturated rings. The molecular formula is C36H18INO6P2. The molecule has 46 heavy (non-hydrogen) atoms. The lowest BCUT2D eigenvalue weighted by atomic mass is 10.2. The van der Waals surface area contributed by atoms with E-state index in [0.29, 0.717) is 0 Å². The number of rotatable bonds is 1.